The predicted octanol–water partition coefficient (Wildman–Crippen LogP) is -0.984. The molecule has 0 aliphatic carbocycles. The normalized spacial score (nSPS) is 13.1. The van der Waals surface area contributed by atoms with E-state index in [1.165, 1.54) is 27.2 Å². The number of nitrogens with zero attached hydrogens (tertiary/aromatic N) is 2. The van der Waals surface area contributed by atoms with Crippen molar-refractivity contribution in [1.29, 1.82) is 0 Å². The van der Waals surface area contributed by atoms with Crippen LogP contribution in [0, 0.1) is 6.92 Å². The number of hydrogen-bond donors (Lipinski definition) is 3. The van der Waals surface area contributed by atoms with Gasteiger partial charge in [0, 0.05) is 5.38 Å². The minimum Gasteiger partial charge on any atom is -0.477 e. The van der Waals surface area contributed by atoms with Gasteiger partial charge >= 0.3 is 10.5 Å². The van der Waals surface area contributed by atoms with Crippen LogP contribution in [0.1, 0.15) is 5.56 Å². The topological polar surface area (TPSA) is 86.1 Å². The van der Waals surface area contributed by atoms with Gasteiger partial charge in [0.05, 0.1) is 6.61 Å². The van der Waals surface area contributed by atoms with Gasteiger partial charge in [-0.25, -0.2) is 4.79 Å². The largest absolute Gasteiger partial charge is 0.477 e. The van der Waals surface area contributed by atoms with Crippen molar-refractivity contribution in [3.05, 3.63) is 27.5 Å². The van der Waals surface area contributed by atoms with Crippen LogP contribution in [-0.4, -0.2) is 32.4 Å². The van der Waals surface area contributed by atoms with Crippen molar-refractivity contribution < 1.29 is 19.9 Å². The Kier molecular flexibility index (Phi) is 3.14. The summed E-state index contributed by atoms with van der Waals surface area (Å²) in [4.78, 5) is 12.3. The van der Waals surface area contributed by atoms with Gasteiger partial charge in [-0.05, 0) is 6.92 Å². The van der Waals surface area contributed by atoms with Gasteiger partial charge in [-0.3, -0.25) is 0 Å². The first kappa shape index (κ1) is 12.0. The van der Waals surface area contributed by atoms with Crippen molar-refractivity contribution in [2.45, 2.75) is 19.6 Å². The second-order valence-electron chi connectivity index (χ2n) is 3.76. The fourth-order valence-electron chi connectivity index (χ4n) is 1.62. The number of aromatic nitrogens is 2. The summed E-state index contributed by atoms with van der Waals surface area (Å²) in [6.07, 6.45) is 0.630. The number of hydrogen-bond acceptors (Lipinski definition) is 5. The van der Waals surface area contributed by atoms with Gasteiger partial charge in [-0.2, -0.15) is 8.97 Å². The fourth-order valence-corrected chi connectivity index (χ4v) is 2.47. The summed E-state index contributed by atoms with van der Waals surface area (Å²) in [5.41, 5.74) is -0.0699. The fraction of sp³-hybridized carbons (Fsp3) is 0.400. The van der Waals surface area contributed by atoms with Crippen molar-refractivity contribution in [3.63, 3.8) is 0 Å². The molecule has 2 aromatic rings. The summed E-state index contributed by atoms with van der Waals surface area (Å²) < 4.78 is 2.83. The van der Waals surface area contributed by atoms with E-state index in [1.54, 1.807) is 11.6 Å². The third-order valence-corrected chi connectivity index (χ3v) is 3.44. The van der Waals surface area contributed by atoms with E-state index < -0.39 is 12.7 Å². The first-order valence-electron chi connectivity index (χ1n) is 5.06. The van der Waals surface area contributed by atoms with Gasteiger partial charge < -0.3 is 15.3 Å². The Hall–Kier alpha value is -1.44. The third kappa shape index (κ3) is 1.92. The first-order valence-corrected chi connectivity index (χ1v) is 5.94. The van der Waals surface area contributed by atoms with Crippen LogP contribution in [0.4, 0.5) is 0 Å². The van der Waals surface area contributed by atoms with E-state index in [9.17, 15) is 15.0 Å². The molecule has 17 heavy (non-hydrogen) atoms. The highest BCUT2D eigenvalue weighted by Crippen LogP contribution is 2.12. The van der Waals surface area contributed by atoms with E-state index in [1.807, 2.05) is 0 Å². The Balaban J connectivity index is 2.69. The summed E-state index contributed by atoms with van der Waals surface area (Å²) in [6.45, 7) is 1.15. The number of aliphatic hydroxyl groups excluding tert-OH is 2. The lowest BCUT2D eigenvalue weighted by Crippen LogP contribution is -2.45. The van der Waals surface area contributed by atoms with Crippen molar-refractivity contribution >= 4 is 16.3 Å². The maximum atomic E-state index is 11.8. The number of aromatic hydroxyl groups is 1. The standard InChI is InChI=1S/C10H12N2O4S/c1-6-8(15)11-2-3-17-10(11)12(9(6)16)4-7(14)5-13/h2-3,7,13-14H,4-5H2,1H3/p+1. The van der Waals surface area contributed by atoms with Crippen molar-refractivity contribution in [2.24, 2.45) is 0 Å². The molecule has 0 bridgehead atoms. The molecule has 0 aliphatic rings. The molecule has 0 aromatic carbocycles. The van der Waals surface area contributed by atoms with E-state index in [0.29, 0.717) is 4.96 Å². The van der Waals surface area contributed by atoms with E-state index in [0.717, 1.165) is 0 Å². The molecule has 6 nitrogen and oxygen atoms in total. The molecular formula is C10H13N2O4S+. The van der Waals surface area contributed by atoms with E-state index >= 15 is 0 Å². The smallest absolute Gasteiger partial charge is 0.351 e. The number of rotatable bonds is 3. The lowest BCUT2D eigenvalue weighted by atomic mass is 10.3. The minimum absolute atomic E-state index is 0.0352. The number of fused-ring (bicyclic) bond motifs is 1. The summed E-state index contributed by atoms with van der Waals surface area (Å²) in [6, 6.07) is 0. The van der Waals surface area contributed by atoms with Gasteiger partial charge in [0.1, 0.15) is 24.4 Å². The summed E-state index contributed by atoms with van der Waals surface area (Å²) >= 11 is 1.28. The highest BCUT2D eigenvalue weighted by Gasteiger charge is 2.23. The van der Waals surface area contributed by atoms with Crippen LogP contribution < -0.4 is 10.1 Å². The van der Waals surface area contributed by atoms with Crippen LogP contribution in [0.5, 0.6) is 5.88 Å². The molecule has 3 N–H and O–H groups in total. The third-order valence-electron chi connectivity index (χ3n) is 2.56. The van der Waals surface area contributed by atoms with E-state index in [2.05, 4.69) is 0 Å². The molecule has 0 saturated carbocycles. The van der Waals surface area contributed by atoms with Crippen molar-refractivity contribution in [3.8, 4) is 5.88 Å². The molecule has 2 rings (SSSR count). The van der Waals surface area contributed by atoms with Crippen LogP contribution in [-0.2, 0) is 6.54 Å². The molecule has 0 radical (unpaired) electrons. The predicted molar refractivity (Wildman–Crippen MR) is 61.2 cm³/mol. The first-order chi connectivity index (χ1) is 8.06. The molecule has 0 fully saturated rings. The lowest BCUT2D eigenvalue weighted by molar-refractivity contribution is -0.686. The molecule has 0 saturated heterocycles. The monoisotopic (exact) mass is 257 g/mol. The second-order valence-corrected chi connectivity index (χ2v) is 4.63. The quantitative estimate of drug-likeness (QED) is 0.617. The van der Waals surface area contributed by atoms with Crippen LogP contribution in [0.25, 0.3) is 4.96 Å². The zero-order chi connectivity index (χ0) is 12.6. The molecule has 1 atom stereocenters. The molecule has 0 amide bonds. The van der Waals surface area contributed by atoms with Crippen LogP contribution in [0.2, 0.25) is 0 Å². The van der Waals surface area contributed by atoms with Crippen LogP contribution in [0.3, 0.4) is 0 Å². The molecule has 1 unspecified atom stereocenters. The van der Waals surface area contributed by atoms with Gasteiger partial charge in [0.2, 0.25) is 0 Å². The van der Waals surface area contributed by atoms with Crippen LogP contribution >= 0.6 is 11.3 Å². The molecule has 0 aliphatic heterocycles. The van der Waals surface area contributed by atoms with Gasteiger partial charge in [0.25, 0.3) is 5.88 Å². The summed E-state index contributed by atoms with van der Waals surface area (Å²) in [5, 5.41) is 29.9. The molecule has 0 spiro atoms. The molecule has 7 heteroatoms. The Labute approximate surface area is 101 Å². The van der Waals surface area contributed by atoms with Crippen molar-refractivity contribution in [1.82, 2.24) is 4.40 Å². The average Bonchev–Trinajstić information content (AvgIpc) is 2.80. The molecule has 2 aromatic heterocycles. The van der Waals surface area contributed by atoms with Gasteiger partial charge in [-0.1, -0.05) is 11.3 Å². The highest BCUT2D eigenvalue weighted by atomic mass is 32.1. The minimum atomic E-state index is -0.978. The maximum absolute atomic E-state index is 11.8. The summed E-state index contributed by atoms with van der Waals surface area (Å²) in [5.74, 6) is -0.176. The molecule has 2 heterocycles. The van der Waals surface area contributed by atoms with E-state index in [-0.39, 0.29) is 23.5 Å². The Bertz CT molecular complexity index is 604. The average molecular weight is 257 g/mol. The molecule has 92 valence electrons. The number of aliphatic hydroxyl groups is 2. The lowest BCUT2D eigenvalue weighted by Gasteiger charge is -2.08. The zero-order valence-corrected chi connectivity index (χ0v) is 10.0. The van der Waals surface area contributed by atoms with Crippen LogP contribution in [0.15, 0.2) is 16.4 Å². The second kappa shape index (κ2) is 4.44. The zero-order valence-electron chi connectivity index (χ0n) is 9.20. The SMILES string of the molecule is Cc1c(O)[n+](CC(O)CO)c2sccn2c1=O. The van der Waals surface area contributed by atoms with Crippen molar-refractivity contribution in [2.75, 3.05) is 6.61 Å². The summed E-state index contributed by atoms with van der Waals surface area (Å²) in [7, 11) is 0. The van der Waals surface area contributed by atoms with E-state index in [4.69, 9.17) is 5.11 Å². The molecular weight excluding hydrogens is 244 g/mol. The Morgan fingerprint density at radius 1 is 1.59 bits per heavy atom. The Morgan fingerprint density at radius 3 is 2.94 bits per heavy atom. The van der Waals surface area contributed by atoms with Gasteiger partial charge in [-0.15, -0.1) is 0 Å². The maximum Gasteiger partial charge on any atom is 0.351 e. The highest BCUT2D eigenvalue weighted by molar-refractivity contribution is 7.14. The van der Waals surface area contributed by atoms with Gasteiger partial charge in [0.15, 0.2) is 0 Å². The Morgan fingerprint density at radius 2 is 2.29 bits per heavy atom. The number of thiazole rings is 1.